The van der Waals surface area contributed by atoms with Gasteiger partial charge in [0.1, 0.15) is 11.4 Å². The molecule has 36 heavy (non-hydrogen) atoms. The monoisotopic (exact) mass is 494 g/mol. The first-order chi connectivity index (χ1) is 17.1. The van der Waals surface area contributed by atoms with E-state index in [0.717, 1.165) is 55.1 Å². The summed E-state index contributed by atoms with van der Waals surface area (Å²) in [5.41, 5.74) is 7.94. The highest BCUT2D eigenvalue weighted by molar-refractivity contribution is 5.75. The Morgan fingerprint density at radius 2 is 2.00 bits per heavy atom. The predicted octanol–water partition coefficient (Wildman–Crippen LogP) is 2.11. The zero-order chi connectivity index (χ0) is 25.2. The first-order valence-electron chi connectivity index (χ1n) is 12.7. The van der Waals surface area contributed by atoms with E-state index in [1.165, 1.54) is 0 Å². The van der Waals surface area contributed by atoms with Gasteiger partial charge in [-0.25, -0.2) is 19.7 Å². The maximum Gasteiger partial charge on any atom is 0.410 e. The SMILES string of the molecule is C[C@H]1COCCN1c1nc(-c2cnc(N)nc2)c2c(n1)N([C@@]13C[C@@H]1CN(C(=O)OC(C)(C)C)C3)CC2. The summed E-state index contributed by atoms with van der Waals surface area (Å²) in [5, 5.41) is 0. The first-order valence-corrected chi connectivity index (χ1v) is 12.7. The number of anilines is 3. The molecule has 0 aromatic carbocycles. The van der Waals surface area contributed by atoms with Crippen molar-refractivity contribution in [3.05, 3.63) is 18.0 Å². The van der Waals surface area contributed by atoms with Crippen LogP contribution in [0.1, 0.15) is 39.7 Å². The summed E-state index contributed by atoms with van der Waals surface area (Å²) < 4.78 is 11.3. The number of nitrogen functional groups attached to an aromatic ring is 1. The van der Waals surface area contributed by atoms with Gasteiger partial charge in [-0.2, -0.15) is 4.98 Å². The summed E-state index contributed by atoms with van der Waals surface area (Å²) in [7, 11) is 0. The Morgan fingerprint density at radius 1 is 1.22 bits per heavy atom. The molecule has 1 aliphatic carbocycles. The van der Waals surface area contributed by atoms with Crippen molar-refractivity contribution in [2.24, 2.45) is 5.92 Å². The Morgan fingerprint density at radius 3 is 2.72 bits per heavy atom. The van der Waals surface area contributed by atoms with Crippen molar-refractivity contribution in [2.45, 2.75) is 57.7 Å². The summed E-state index contributed by atoms with van der Waals surface area (Å²) in [4.78, 5) is 37.9. The van der Waals surface area contributed by atoms with Gasteiger partial charge in [0.25, 0.3) is 0 Å². The molecule has 0 spiro atoms. The second-order valence-electron chi connectivity index (χ2n) is 11.4. The number of hydrogen-bond acceptors (Lipinski definition) is 10. The molecule has 2 saturated heterocycles. The number of rotatable bonds is 3. The minimum absolute atomic E-state index is 0.0979. The number of nitrogens with zero attached hydrogens (tertiary/aromatic N) is 7. The maximum absolute atomic E-state index is 12.8. The van der Waals surface area contributed by atoms with E-state index in [4.69, 9.17) is 25.2 Å². The predicted molar refractivity (Wildman–Crippen MR) is 135 cm³/mol. The molecule has 0 unspecified atom stereocenters. The molecular weight excluding hydrogens is 460 g/mol. The van der Waals surface area contributed by atoms with Gasteiger partial charge in [0.05, 0.1) is 30.5 Å². The van der Waals surface area contributed by atoms with E-state index >= 15 is 0 Å². The van der Waals surface area contributed by atoms with Crippen LogP contribution in [-0.2, 0) is 15.9 Å². The molecule has 6 rings (SSSR count). The maximum atomic E-state index is 12.8. The van der Waals surface area contributed by atoms with Crippen LogP contribution in [0, 0.1) is 5.92 Å². The van der Waals surface area contributed by atoms with E-state index in [2.05, 4.69) is 26.7 Å². The number of carbonyl (C=O) groups excluding carboxylic acids is 1. The minimum atomic E-state index is -0.510. The third kappa shape index (κ3) is 3.89. The number of piperidine rings is 1. The van der Waals surface area contributed by atoms with Crippen molar-refractivity contribution in [2.75, 3.05) is 54.9 Å². The molecule has 3 fully saturated rings. The van der Waals surface area contributed by atoms with Crippen LogP contribution < -0.4 is 15.5 Å². The van der Waals surface area contributed by atoms with Gasteiger partial charge in [-0.1, -0.05) is 0 Å². The number of morpholine rings is 1. The van der Waals surface area contributed by atoms with E-state index < -0.39 is 5.60 Å². The van der Waals surface area contributed by atoms with Crippen LogP contribution in [0.25, 0.3) is 11.3 Å². The van der Waals surface area contributed by atoms with Crippen LogP contribution in [0.2, 0.25) is 0 Å². The van der Waals surface area contributed by atoms with Crippen LogP contribution in [0.4, 0.5) is 22.5 Å². The molecule has 3 aliphatic heterocycles. The second kappa shape index (κ2) is 8.16. The quantitative estimate of drug-likeness (QED) is 0.679. The fourth-order valence-electron chi connectivity index (χ4n) is 5.87. The Bertz CT molecular complexity index is 1180. The number of hydrogen-bond donors (Lipinski definition) is 1. The number of aromatic nitrogens is 4. The Hall–Kier alpha value is -3.21. The molecule has 0 radical (unpaired) electrons. The molecule has 1 saturated carbocycles. The molecule has 3 atom stereocenters. The summed E-state index contributed by atoms with van der Waals surface area (Å²) in [6, 6.07) is 0.170. The van der Waals surface area contributed by atoms with Crippen molar-refractivity contribution >= 4 is 23.8 Å². The van der Waals surface area contributed by atoms with Crippen molar-refractivity contribution < 1.29 is 14.3 Å². The van der Waals surface area contributed by atoms with Crippen LogP contribution >= 0.6 is 0 Å². The van der Waals surface area contributed by atoms with Gasteiger partial charge in [-0.05, 0) is 40.5 Å². The Balaban J connectivity index is 1.36. The van der Waals surface area contributed by atoms with Gasteiger partial charge in [0, 0.05) is 55.6 Å². The lowest BCUT2D eigenvalue weighted by molar-refractivity contribution is 0.0270. The van der Waals surface area contributed by atoms with Gasteiger partial charge >= 0.3 is 6.09 Å². The van der Waals surface area contributed by atoms with Gasteiger partial charge in [0.2, 0.25) is 11.9 Å². The van der Waals surface area contributed by atoms with E-state index in [-0.39, 0.29) is 23.6 Å². The highest BCUT2D eigenvalue weighted by atomic mass is 16.6. The molecule has 4 aliphatic rings. The average molecular weight is 495 g/mol. The van der Waals surface area contributed by atoms with Crippen LogP contribution in [0.3, 0.4) is 0 Å². The molecule has 1 amide bonds. The van der Waals surface area contributed by atoms with E-state index in [9.17, 15) is 4.79 Å². The van der Waals surface area contributed by atoms with E-state index in [0.29, 0.717) is 31.6 Å². The summed E-state index contributed by atoms with van der Waals surface area (Å²) in [5.74, 6) is 2.30. The molecule has 2 aromatic heterocycles. The van der Waals surface area contributed by atoms with Gasteiger partial charge < -0.3 is 29.9 Å². The molecule has 11 nitrogen and oxygen atoms in total. The van der Waals surface area contributed by atoms with Gasteiger partial charge in [-0.15, -0.1) is 0 Å². The number of likely N-dealkylation sites (tertiary alicyclic amines) is 1. The van der Waals surface area contributed by atoms with Crippen molar-refractivity contribution in [3.63, 3.8) is 0 Å². The summed E-state index contributed by atoms with van der Waals surface area (Å²) in [6.45, 7) is 12.1. The fraction of sp³-hybridized carbons (Fsp3) is 0.640. The topological polar surface area (TPSA) is 123 Å². The molecule has 11 heteroatoms. The lowest BCUT2D eigenvalue weighted by Crippen LogP contribution is -2.46. The van der Waals surface area contributed by atoms with Crippen molar-refractivity contribution in [3.8, 4) is 11.3 Å². The summed E-state index contributed by atoms with van der Waals surface area (Å²) in [6.07, 6.45) is 5.11. The van der Waals surface area contributed by atoms with Crippen molar-refractivity contribution in [1.82, 2.24) is 24.8 Å². The lowest BCUT2D eigenvalue weighted by Gasteiger charge is -2.35. The van der Waals surface area contributed by atoms with E-state index in [1.54, 1.807) is 12.4 Å². The molecule has 0 bridgehead atoms. The third-order valence-electron chi connectivity index (χ3n) is 7.68. The number of carbonyl (C=O) groups is 1. The third-order valence-corrected chi connectivity index (χ3v) is 7.68. The Labute approximate surface area is 211 Å². The van der Waals surface area contributed by atoms with Crippen molar-refractivity contribution in [1.29, 1.82) is 0 Å². The summed E-state index contributed by atoms with van der Waals surface area (Å²) >= 11 is 0. The molecular formula is C25H34N8O3. The first kappa shape index (κ1) is 23.2. The molecule has 192 valence electrons. The van der Waals surface area contributed by atoms with Crippen LogP contribution in [0.15, 0.2) is 12.4 Å². The van der Waals surface area contributed by atoms with Crippen LogP contribution in [-0.4, -0.2) is 87.5 Å². The van der Waals surface area contributed by atoms with Crippen LogP contribution in [0.5, 0.6) is 0 Å². The molecule has 5 heterocycles. The average Bonchev–Trinajstić information content (AvgIpc) is 3.16. The normalized spacial score (nSPS) is 27.2. The number of fused-ring (bicyclic) bond motifs is 2. The highest BCUT2D eigenvalue weighted by Gasteiger charge is 2.66. The number of ether oxygens (including phenoxy) is 2. The largest absolute Gasteiger partial charge is 0.444 e. The van der Waals surface area contributed by atoms with Gasteiger partial charge in [-0.3, -0.25) is 0 Å². The number of amides is 1. The fourth-order valence-corrected chi connectivity index (χ4v) is 5.87. The Kier molecular flexibility index (Phi) is 5.26. The van der Waals surface area contributed by atoms with E-state index in [1.807, 2.05) is 25.7 Å². The highest BCUT2D eigenvalue weighted by Crippen LogP contribution is 2.57. The standard InChI is InChI=1S/C25H34N8O3/c1-15-13-35-8-7-32(15)22-29-19(16-10-27-21(26)28-11-16)18-5-6-33(20(18)30-22)25-9-17(25)12-31(14-25)23(34)36-24(2,3)4/h10-11,15,17H,5-9,12-14H2,1-4H3,(H2,26,27,28)/t15-,17+,25+/m0/s1. The lowest BCUT2D eigenvalue weighted by atomic mass is 10.1. The second-order valence-corrected chi connectivity index (χ2v) is 11.4. The minimum Gasteiger partial charge on any atom is -0.444 e. The number of nitrogens with two attached hydrogens (primary N) is 1. The smallest absolute Gasteiger partial charge is 0.410 e. The zero-order valence-electron chi connectivity index (χ0n) is 21.4. The molecule has 2 aromatic rings. The van der Waals surface area contributed by atoms with Gasteiger partial charge in [0.15, 0.2) is 0 Å². The molecule has 2 N–H and O–H groups in total. The zero-order valence-corrected chi connectivity index (χ0v) is 21.4.